The van der Waals surface area contributed by atoms with Crippen LogP contribution in [0.4, 0.5) is 18.9 Å². The number of nitrogens with zero attached hydrogens (tertiary/aromatic N) is 1. The number of aliphatic hydroxyl groups is 1. The maximum Gasteiger partial charge on any atom is 0.416 e. The van der Waals surface area contributed by atoms with Crippen LogP contribution < -0.4 is 9.64 Å². The molecule has 0 bridgehead atoms. The number of amides is 1. The molecule has 0 spiro atoms. The van der Waals surface area contributed by atoms with E-state index >= 15 is 0 Å². The van der Waals surface area contributed by atoms with E-state index in [-0.39, 0.29) is 17.0 Å². The van der Waals surface area contributed by atoms with Crippen LogP contribution in [0.5, 0.6) is 5.75 Å². The number of carbonyl (C=O) groups excluding carboxylic acids is 2. The van der Waals surface area contributed by atoms with E-state index in [0.717, 1.165) is 40.3 Å². The first-order chi connectivity index (χ1) is 19.5. The van der Waals surface area contributed by atoms with Gasteiger partial charge >= 0.3 is 6.18 Å². The molecule has 41 heavy (non-hydrogen) atoms. The van der Waals surface area contributed by atoms with Crippen LogP contribution in [0.15, 0.2) is 103 Å². The molecule has 4 aromatic rings. The number of alkyl halides is 3. The minimum absolute atomic E-state index is 0.103. The van der Waals surface area contributed by atoms with Gasteiger partial charge < -0.3 is 9.84 Å². The zero-order valence-corrected chi connectivity index (χ0v) is 22.3. The van der Waals surface area contributed by atoms with Crippen LogP contribution in [0.3, 0.4) is 0 Å². The number of rotatable bonds is 6. The molecule has 4 aromatic carbocycles. The van der Waals surface area contributed by atoms with E-state index in [2.05, 4.69) is 0 Å². The molecule has 1 amide bonds. The highest BCUT2D eigenvalue weighted by Crippen LogP contribution is 2.43. The summed E-state index contributed by atoms with van der Waals surface area (Å²) in [5.74, 6) is -1.68. The summed E-state index contributed by atoms with van der Waals surface area (Å²) in [6.07, 6.45) is -4.56. The highest BCUT2D eigenvalue weighted by Gasteiger charge is 2.47. The van der Waals surface area contributed by atoms with Crippen LogP contribution in [0.1, 0.15) is 39.4 Å². The van der Waals surface area contributed by atoms with E-state index in [1.165, 1.54) is 0 Å². The zero-order chi connectivity index (χ0) is 29.3. The zero-order valence-electron chi connectivity index (χ0n) is 22.3. The molecule has 5 nitrogen and oxygen atoms in total. The summed E-state index contributed by atoms with van der Waals surface area (Å²) in [6.45, 7) is 3.99. The second-order valence-electron chi connectivity index (χ2n) is 9.88. The molecule has 1 saturated heterocycles. The maximum atomic E-state index is 13.4. The SMILES string of the molecule is Cc1cccc(C2/C(=C(/O)c3ccc(OCc4ccccc4)c(C)c3)C(=O)C(=O)N2c2ccc(C(F)(F)F)cc2)c1. The number of halogens is 3. The molecule has 1 N–H and O–H groups in total. The number of carbonyl (C=O) groups is 2. The number of benzene rings is 4. The molecule has 1 aliphatic rings. The lowest BCUT2D eigenvalue weighted by molar-refractivity contribution is -0.137. The van der Waals surface area contributed by atoms with E-state index in [4.69, 9.17) is 4.74 Å². The summed E-state index contributed by atoms with van der Waals surface area (Å²) in [5, 5.41) is 11.4. The second kappa shape index (κ2) is 11.0. The molecule has 1 atom stereocenters. The van der Waals surface area contributed by atoms with Crippen molar-refractivity contribution in [2.75, 3.05) is 4.90 Å². The molecule has 8 heteroatoms. The van der Waals surface area contributed by atoms with Crippen molar-refractivity contribution in [3.05, 3.63) is 136 Å². The Morgan fingerprint density at radius 1 is 0.878 bits per heavy atom. The Morgan fingerprint density at radius 2 is 1.59 bits per heavy atom. The van der Waals surface area contributed by atoms with Gasteiger partial charge in [0, 0.05) is 11.3 Å². The third kappa shape index (κ3) is 5.59. The van der Waals surface area contributed by atoms with Crippen molar-refractivity contribution in [3.63, 3.8) is 0 Å². The Hall–Kier alpha value is -4.85. The van der Waals surface area contributed by atoms with Crippen molar-refractivity contribution < 1.29 is 32.6 Å². The van der Waals surface area contributed by atoms with Gasteiger partial charge in [-0.25, -0.2) is 0 Å². The number of aryl methyl sites for hydroxylation is 2. The van der Waals surface area contributed by atoms with E-state index in [0.29, 0.717) is 29.0 Å². The van der Waals surface area contributed by atoms with Crippen molar-refractivity contribution in [2.24, 2.45) is 0 Å². The molecular formula is C33H26F3NO4. The van der Waals surface area contributed by atoms with Crippen LogP contribution in [0.2, 0.25) is 0 Å². The second-order valence-corrected chi connectivity index (χ2v) is 9.88. The van der Waals surface area contributed by atoms with Crippen LogP contribution in [-0.2, 0) is 22.4 Å². The molecule has 5 rings (SSSR count). The largest absolute Gasteiger partial charge is 0.507 e. The number of hydrogen-bond acceptors (Lipinski definition) is 4. The van der Waals surface area contributed by atoms with Crippen molar-refractivity contribution in [3.8, 4) is 5.75 Å². The number of Topliss-reactive ketones (excluding diaryl/α,β-unsaturated/α-hetero) is 1. The molecule has 1 fully saturated rings. The summed E-state index contributed by atoms with van der Waals surface area (Å²) in [7, 11) is 0. The molecule has 0 aromatic heterocycles. The fourth-order valence-corrected chi connectivity index (χ4v) is 4.91. The monoisotopic (exact) mass is 557 g/mol. The Labute approximate surface area is 235 Å². The van der Waals surface area contributed by atoms with Crippen molar-refractivity contribution in [1.29, 1.82) is 0 Å². The van der Waals surface area contributed by atoms with E-state index in [1.54, 1.807) is 43.3 Å². The Balaban J connectivity index is 1.56. The summed E-state index contributed by atoms with van der Waals surface area (Å²) in [6, 6.07) is 24.6. The number of ether oxygens (including phenoxy) is 1. The van der Waals surface area contributed by atoms with Gasteiger partial charge in [0.25, 0.3) is 11.7 Å². The van der Waals surface area contributed by atoms with E-state index in [9.17, 15) is 27.9 Å². The summed E-state index contributed by atoms with van der Waals surface area (Å²) in [5.41, 5.74) is 2.44. The first-order valence-electron chi connectivity index (χ1n) is 12.9. The van der Waals surface area contributed by atoms with Gasteiger partial charge in [0.1, 0.15) is 18.1 Å². The molecule has 208 valence electrons. The summed E-state index contributed by atoms with van der Waals surface area (Å²) >= 11 is 0. The number of hydrogen-bond donors (Lipinski definition) is 1. The Bertz CT molecular complexity index is 1640. The smallest absolute Gasteiger partial charge is 0.416 e. The molecule has 0 saturated carbocycles. The molecular weight excluding hydrogens is 531 g/mol. The molecule has 1 unspecified atom stereocenters. The van der Waals surface area contributed by atoms with Crippen molar-refractivity contribution >= 4 is 23.1 Å². The Morgan fingerprint density at radius 3 is 2.22 bits per heavy atom. The van der Waals surface area contributed by atoms with Gasteiger partial charge in [-0.05, 0) is 73.0 Å². The highest BCUT2D eigenvalue weighted by atomic mass is 19.4. The lowest BCUT2D eigenvalue weighted by Crippen LogP contribution is -2.29. The van der Waals surface area contributed by atoms with Crippen molar-refractivity contribution in [2.45, 2.75) is 32.7 Å². The van der Waals surface area contributed by atoms with E-state index in [1.807, 2.05) is 43.3 Å². The van der Waals surface area contributed by atoms with Gasteiger partial charge in [0.15, 0.2) is 0 Å². The fourth-order valence-electron chi connectivity index (χ4n) is 4.91. The maximum absolute atomic E-state index is 13.4. The third-order valence-corrected chi connectivity index (χ3v) is 6.96. The van der Waals surface area contributed by atoms with Gasteiger partial charge in [-0.2, -0.15) is 13.2 Å². The predicted octanol–water partition coefficient (Wildman–Crippen LogP) is 7.53. The number of ketones is 1. The van der Waals surface area contributed by atoms with Gasteiger partial charge in [0.05, 0.1) is 17.2 Å². The Kier molecular flexibility index (Phi) is 7.41. The molecule has 1 heterocycles. The normalized spacial score (nSPS) is 16.7. The van der Waals surface area contributed by atoms with Crippen LogP contribution in [-0.4, -0.2) is 16.8 Å². The average molecular weight is 558 g/mol. The van der Waals surface area contributed by atoms with Gasteiger partial charge in [-0.15, -0.1) is 0 Å². The molecule has 1 aliphatic heterocycles. The van der Waals surface area contributed by atoms with Crippen LogP contribution in [0.25, 0.3) is 5.76 Å². The van der Waals surface area contributed by atoms with Crippen LogP contribution >= 0.6 is 0 Å². The lowest BCUT2D eigenvalue weighted by Gasteiger charge is -2.26. The first kappa shape index (κ1) is 27.7. The highest BCUT2D eigenvalue weighted by molar-refractivity contribution is 6.51. The van der Waals surface area contributed by atoms with E-state index < -0.39 is 29.5 Å². The molecule has 0 aliphatic carbocycles. The van der Waals surface area contributed by atoms with Crippen LogP contribution in [0, 0.1) is 13.8 Å². The topological polar surface area (TPSA) is 66.8 Å². The standard InChI is InChI=1S/C33H26F3NO4/c1-20-7-6-10-23(17-20)29-28(31(39)32(40)37(29)26-14-12-25(13-15-26)33(34,35)36)30(38)24-11-16-27(21(2)18-24)41-19-22-8-4-3-5-9-22/h3-18,29,38H,19H2,1-2H3/b30-28-. The summed E-state index contributed by atoms with van der Waals surface area (Å²) in [4.78, 5) is 27.9. The minimum Gasteiger partial charge on any atom is -0.507 e. The lowest BCUT2D eigenvalue weighted by atomic mass is 9.93. The fraction of sp³-hybridized carbons (Fsp3) is 0.152. The van der Waals surface area contributed by atoms with Crippen molar-refractivity contribution in [1.82, 2.24) is 0 Å². The number of aliphatic hydroxyl groups excluding tert-OH is 1. The molecule has 0 radical (unpaired) electrons. The van der Waals surface area contributed by atoms with Gasteiger partial charge in [0.2, 0.25) is 0 Å². The predicted molar refractivity (Wildman–Crippen MR) is 149 cm³/mol. The van der Waals surface area contributed by atoms with Gasteiger partial charge in [-0.3, -0.25) is 14.5 Å². The number of anilines is 1. The third-order valence-electron chi connectivity index (χ3n) is 6.96. The quantitative estimate of drug-likeness (QED) is 0.151. The summed E-state index contributed by atoms with van der Waals surface area (Å²) < 4.78 is 45.5. The first-order valence-corrected chi connectivity index (χ1v) is 12.9. The average Bonchev–Trinajstić information content (AvgIpc) is 3.22. The minimum atomic E-state index is -4.56. The van der Waals surface area contributed by atoms with Gasteiger partial charge in [-0.1, -0.05) is 60.2 Å².